The first-order chi connectivity index (χ1) is 7.60. The molecule has 16 heavy (non-hydrogen) atoms. The van der Waals surface area contributed by atoms with Crippen LogP contribution in [0.4, 0.5) is 0 Å². The molecule has 1 rings (SSSR count). The van der Waals surface area contributed by atoms with Crippen molar-refractivity contribution in [2.45, 2.75) is 13.3 Å². The van der Waals surface area contributed by atoms with E-state index in [2.05, 4.69) is 15.9 Å². The van der Waals surface area contributed by atoms with E-state index in [9.17, 15) is 4.79 Å². The summed E-state index contributed by atoms with van der Waals surface area (Å²) in [5.41, 5.74) is 0.984. The Morgan fingerprint density at radius 3 is 2.88 bits per heavy atom. The van der Waals surface area contributed by atoms with Crippen LogP contribution in [0, 0.1) is 11.3 Å². The fourth-order valence-corrected chi connectivity index (χ4v) is 1.89. The second-order valence-corrected chi connectivity index (χ2v) is 4.18. The van der Waals surface area contributed by atoms with Crippen LogP contribution in [0.5, 0.6) is 0 Å². The van der Waals surface area contributed by atoms with Gasteiger partial charge in [-0.05, 0) is 40.5 Å². The maximum absolute atomic E-state index is 11.3. The summed E-state index contributed by atoms with van der Waals surface area (Å²) in [6, 6.07) is 5.21. The van der Waals surface area contributed by atoms with Crippen molar-refractivity contribution in [2.75, 3.05) is 6.61 Å². The van der Waals surface area contributed by atoms with Gasteiger partial charge in [-0.2, -0.15) is 5.26 Å². The zero-order valence-electron chi connectivity index (χ0n) is 8.59. The molecule has 0 amide bonds. The Hall–Kier alpha value is -1.05. The van der Waals surface area contributed by atoms with E-state index in [4.69, 9.17) is 21.6 Å². The largest absolute Gasteiger partial charge is 0.466 e. The predicted octanol–water partition coefficient (Wildman–Crippen LogP) is 3.08. The lowest BCUT2D eigenvalue weighted by atomic mass is 10.1. The number of carbonyl (C=O) groups excluding carboxylic acids is 1. The summed E-state index contributed by atoms with van der Waals surface area (Å²) >= 11 is 9.16. The van der Waals surface area contributed by atoms with Gasteiger partial charge in [-0.3, -0.25) is 4.79 Å². The van der Waals surface area contributed by atoms with Crippen LogP contribution in [-0.2, 0) is 16.0 Å². The van der Waals surface area contributed by atoms with Crippen LogP contribution >= 0.6 is 27.5 Å². The van der Waals surface area contributed by atoms with Crippen molar-refractivity contribution in [3.05, 3.63) is 32.8 Å². The first kappa shape index (κ1) is 13.0. The molecule has 0 unspecified atom stereocenters. The number of esters is 1. The summed E-state index contributed by atoms with van der Waals surface area (Å²) in [5.74, 6) is -0.373. The highest BCUT2D eigenvalue weighted by molar-refractivity contribution is 9.10. The van der Waals surface area contributed by atoms with Gasteiger partial charge in [0.15, 0.2) is 0 Å². The molecule has 0 aliphatic rings. The van der Waals surface area contributed by atoms with Crippen molar-refractivity contribution < 1.29 is 9.53 Å². The van der Waals surface area contributed by atoms with Crippen molar-refractivity contribution >= 4 is 33.5 Å². The van der Waals surface area contributed by atoms with Gasteiger partial charge in [0.1, 0.15) is 0 Å². The number of ether oxygens (including phenoxy) is 1. The molecule has 0 bridgehead atoms. The summed E-state index contributed by atoms with van der Waals surface area (Å²) in [6.45, 7) is 2.05. The third-order valence-corrected chi connectivity index (χ3v) is 3.39. The van der Waals surface area contributed by atoms with Crippen molar-refractivity contribution in [1.82, 2.24) is 0 Å². The summed E-state index contributed by atoms with van der Waals surface area (Å²) in [5, 5.41) is 9.38. The van der Waals surface area contributed by atoms with E-state index >= 15 is 0 Å². The number of nitrogens with zero attached hydrogens (tertiary/aromatic N) is 1. The fourth-order valence-electron chi connectivity index (χ4n) is 1.23. The predicted molar refractivity (Wildman–Crippen MR) is 64.2 cm³/mol. The van der Waals surface area contributed by atoms with Gasteiger partial charge in [0.05, 0.1) is 29.7 Å². The third-order valence-electron chi connectivity index (χ3n) is 1.94. The summed E-state index contributed by atoms with van der Waals surface area (Å²) in [4.78, 5) is 11.3. The second-order valence-electron chi connectivity index (χ2n) is 2.98. The van der Waals surface area contributed by atoms with Crippen LogP contribution in [0.2, 0.25) is 5.02 Å². The highest BCUT2D eigenvalue weighted by Crippen LogP contribution is 2.29. The molecule has 0 saturated carbocycles. The average molecular weight is 303 g/mol. The molecule has 5 heteroatoms. The molecule has 1 aromatic rings. The first-order valence-electron chi connectivity index (χ1n) is 4.62. The van der Waals surface area contributed by atoms with Crippen LogP contribution < -0.4 is 0 Å². The number of benzene rings is 1. The van der Waals surface area contributed by atoms with E-state index in [-0.39, 0.29) is 12.4 Å². The van der Waals surface area contributed by atoms with E-state index in [0.717, 1.165) is 0 Å². The number of nitriles is 1. The number of hydrogen-bond acceptors (Lipinski definition) is 3. The lowest BCUT2D eigenvalue weighted by molar-refractivity contribution is -0.142. The fraction of sp³-hybridized carbons (Fsp3) is 0.273. The van der Waals surface area contributed by atoms with Crippen LogP contribution in [0.3, 0.4) is 0 Å². The van der Waals surface area contributed by atoms with E-state index < -0.39 is 0 Å². The molecular formula is C11H9BrClNO2. The number of hydrogen-bond donors (Lipinski definition) is 0. The minimum Gasteiger partial charge on any atom is -0.466 e. The maximum atomic E-state index is 11.3. The zero-order chi connectivity index (χ0) is 12.1. The van der Waals surface area contributed by atoms with E-state index in [1.807, 2.05) is 6.07 Å². The minimum absolute atomic E-state index is 0.0396. The van der Waals surface area contributed by atoms with Gasteiger partial charge in [-0.15, -0.1) is 0 Å². The van der Waals surface area contributed by atoms with Gasteiger partial charge in [0.25, 0.3) is 0 Å². The Bertz CT molecular complexity index is 454. The molecule has 0 fully saturated rings. The average Bonchev–Trinajstić information content (AvgIpc) is 2.25. The Morgan fingerprint density at radius 1 is 1.62 bits per heavy atom. The van der Waals surface area contributed by atoms with Gasteiger partial charge >= 0.3 is 5.97 Å². The van der Waals surface area contributed by atoms with Crippen molar-refractivity contribution in [2.24, 2.45) is 0 Å². The standard InChI is InChI=1S/C11H9BrClNO2/c1-2-16-10(15)5-8-7(6-14)3-4-9(13)11(8)12/h3-4H,2,5H2,1H3. The molecule has 0 heterocycles. The van der Waals surface area contributed by atoms with Gasteiger partial charge in [-0.25, -0.2) is 0 Å². The second kappa shape index (κ2) is 5.88. The van der Waals surface area contributed by atoms with E-state index in [1.165, 1.54) is 0 Å². The molecule has 84 valence electrons. The molecule has 3 nitrogen and oxygen atoms in total. The molecule has 0 N–H and O–H groups in total. The van der Waals surface area contributed by atoms with E-state index in [1.54, 1.807) is 19.1 Å². The van der Waals surface area contributed by atoms with Crippen LogP contribution in [0.15, 0.2) is 16.6 Å². The third kappa shape index (κ3) is 2.97. The monoisotopic (exact) mass is 301 g/mol. The highest BCUT2D eigenvalue weighted by Gasteiger charge is 2.14. The quantitative estimate of drug-likeness (QED) is 0.806. The molecule has 0 radical (unpaired) electrons. The molecule has 0 aliphatic heterocycles. The Labute approximate surface area is 107 Å². The first-order valence-corrected chi connectivity index (χ1v) is 5.79. The topological polar surface area (TPSA) is 50.1 Å². The SMILES string of the molecule is CCOC(=O)Cc1c(C#N)ccc(Cl)c1Br. The number of carbonyl (C=O) groups is 1. The van der Waals surface area contributed by atoms with Gasteiger partial charge in [0, 0.05) is 4.47 Å². The van der Waals surface area contributed by atoms with Crippen LogP contribution in [-0.4, -0.2) is 12.6 Å². The van der Waals surface area contributed by atoms with E-state index in [0.29, 0.717) is 27.2 Å². The summed E-state index contributed by atoms with van der Waals surface area (Å²) in [6.07, 6.45) is 0.0396. The van der Waals surface area contributed by atoms with Crippen LogP contribution in [0.1, 0.15) is 18.1 Å². The lowest BCUT2D eigenvalue weighted by Gasteiger charge is -2.07. The highest BCUT2D eigenvalue weighted by atomic mass is 79.9. The number of rotatable bonds is 3. The summed E-state index contributed by atoms with van der Waals surface area (Å²) < 4.78 is 5.40. The van der Waals surface area contributed by atoms with Crippen molar-refractivity contribution in [1.29, 1.82) is 5.26 Å². The van der Waals surface area contributed by atoms with Gasteiger partial charge in [0.2, 0.25) is 0 Å². The van der Waals surface area contributed by atoms with Crippen molar-refractivity contribution in [3.8, 4) is 6.07 Å². The van der Waals surface area contributed by atoms with Gasteiger partial charge in [-0.1, -0.05) is 11.6 Å². The smallest absolute Gasteiger partial charge is 0.310 e. The van der Waals surface area contributed by atoms with Crippen LogP contribution in [0.25, 0.3) is 0 Å². The Morgan fingerprint density at radius 2 is 2.31 bits per heavy atom. The molecule has 0 spiro atoms. The van der Waals surface area contributed by atoms with Crippen molar-refractivity contribution in [3.63, 3.8) is 0 Å². The normalized spacial score (nSPS) is 9.62. The zero-order valence-corrected chi connectivity index (χ0v) is 10.9. The number of halogens is 2. The Balaban J connectivity index is 3.07. The molecule has 0 saturated heterocycles. The molecule has 0 atom stereocenters. The molecule has 1 aromatic carbocycles. The van der Waals surface area contributed by atoms with Gasteiger partial charge < -0.3 is 4.74 Å². The Kier molecular flexibility index (Phi) is 4.78. The maximum Gasteiger partial charge on any atom is 0.310 e. The molecule has 0 aromatic heterocycles. The molecule has 0 aliphatic carbocycles. The summed E-state index contributed by atoms with van der Waals surface area (Å²) in [7, 11) is 0. The minimum atomic E-state index is -0.373. The molecular weight excluding hydrogens is 293 g/mol. The lowest BCUT2D eigenvalue weighted by Crippen LogP contribution is -2.09.